The molecule has 0 amide bonds. The molecule has 0 aromatic heterocycles. The molecular formula is C9H18O2. The summed E-state index contributed by atoms with van der Waals surface area (Å²) in [5.41, 5.74) is -0.165. The summed E-state index contributed by atoms with van der Waals surface area (Å²) >= 11 is 0. The second-order valence-electron chi connectivity index (χ2n) is 4.07. The van der Waals surface area contributed by atoms with E-state index in [9.17, 15) is 5.11 Å². The number of rotatable bonds is 4. The van der Waals surface area contributed by atoms with Crippen LogP contribution in [0.1, 0.15) is 33.1 Å². The summed E-state index contributed by atoms with van der Waals surface area (Å²) in [5.74, 6) is 0.560. The Bertz CT molecular complexity index is 128. The molecule has 11 heavy (non-hydrogen) atoms. The predicted molar refractivity (Wildman–Crippen MR) is 44.4 cm³/mol. The molecule has 2 nitrogen and oxygen atoms in total. The highest BCUT2D eigenvalue weighted by molar-refractivity contribution is 4.85. The Balaban J connectivity index is 2.27. The molecule has 1 aliphatic rings. The van der Waals surface area contributed by atoms with Gasteiger partial charge >= 0.3 is 0 Å². The van der Waals surface area contributed by atoms with Crippen LogP contribution in [0.25, 0.3) is 0 Å². The molecule has 0 bridgehead atoms. The normalized spacial score (nSPS) is 21.8. The maximum absolute atomic E-state index is 9.58. The number of ether oxygens (including phenoxy) is 1. The van der Waals surface area contributed by atoms with Gasteiger partial charge in [0.15, 0.2) is 0 Å². The van der Waals surface area contributed by atoms with Gasteiger partial charge in [-0.25, -0.2) is 0 Å². The van der Waals surface area contributed by atoms with Crippen molar-refractivity contribution in [2.45, 2.75) is 44.8 Å². The molecule has 0 aromatic rings. The average molecular weight is 158 g/mol. The third-order valence-electron chi connectivity index (χ3n) is 2.42. The molecule has 1 aliphatic carbocycles. The predicted octanol–water partition coefficient (Wildman–Crippen LogP) is 1.57. The van der Waals surface area contributed by atoms with Gasteiger partial charge < -0.3 is 9.84 Å². The van der Waals surface area contributed by atoms with Gasteiger partial charge in [-0.15, -0.1) is 0 Å². The van der Waals surface area contributed by atoms with Crippen LogP contribution in [0.4, 0.5) is 0 Å². The summed E-state index contributed by atoms with van der Waals surface area (Å²) in [6, 6.07) is 0. The van der Waals surface area contributed by atoms with Crippen molar-refractivity contribution < 1.29 is 9.84 Å². The van der Waals surface area contributed by atoms with Crippen LogP contribution >= 0.6 is 0 Å². The summed E-state index contributed by atoms with van der Waals surface area (Å²) in [5, 5.41) is 9.58. The second kappa shape index (κ2) is 3.11. The van der Waals surface area contributed by atoms with E-state index in [1.54, 1.807) is 7.11 Å². The molecule has 0 radical (unpaired) electrons. The molecule has 2 heteroatoms. The third-order valence-corrected chi connectivity index (χ3v) is 2.42. The van der Waals surface area contributed by atoms with Crippen molar-refractivity contribution in [3.8, 4) is 0 Å². The van der Waals surface area contributed by atoms with Crippen molar-refractivity contribution >= 4 is 0 Å². The molecule has 1 rings (SSSR count). The lowest BCUT2D eigenvalue weighted by atomic mass is 9.98. The van der Waals surface area contributed by atoms with Gasteiger partial charge in [0.2, 0.25) is 0 Å². The first kappa shape index (κ1) is 9.01. The van der Waals surface area contributed by atoms with E-state index in [4.69, 9.17) is 4.74 Å². The van der Waals surface area contributed by atoms with Gasteiger partial charge in [-0.1, -0.05) is 0 Å². The minimum Gasteiger partial charge on any atom is -0.393 e. The van der Waals surface area contributed by atoms with Gasteiger partial charge in [-0.3, -0.25) is 0 Å². The number of methoxy groups -OCH3 is 1. The van der Waals surface area contributed by atoms with Gasteiger partial charge in [0.05, 0.1) is 11.7 Å². The molecule has 1 saturated carbocycles. The highest BCUT2D eigenvalue weighted by Gasteiger charge is 2.33. The summed E-state index contributed by atoms with van der Waals surface area (Å²) in [4.78, 5) is 0. The molecule has 1 fully saturated rings. The summed E-state index contributed by atoms with van der Waals surface area (Å²) < 4.78 is 5.23. The molecule has 1 unspecified atom stereocenters. The van der Waals surface area contributed by atoms with Crippen molar-refractivity contribution in [3.05, 3.63) is 0 Å². The fraction of sp³-hybridized carbons (Fsp3) is 1.00. The van der Waals surface area contributed by atoms with Crippen LogP contribution in [0.3, 0.4) is 0 Å². The molecule has 0 spiro atoms. The fourth-order valence-corrected chi connectivity index (χ4v) is 1.23. The second-order valence-corrected chi connectivity index (χ2v) is 4.07. The van der Waals surface area contributed by atoms with Crippen LogP contribution in [0.15, 0.2) is 0 Å². The zero-order valence-electron chi connectivity index (χ0n) is 7.63. The molecule has 0 aliphatic heterocycles. The Hall–Kier alpha value is -0.0800. The molecule has 0 saturated heterocycles. The van der Waals surface area contributed by atoms with E-state index in [-0.39, 0.29) is 11.7 Å². The third kappa shape index (κ3) is 2.80. The molecule has 0 aromatic carbocycles. The lowest BCUT2D eigenvalue weighted by Crippen LogP contribution is -2.29. The van der Waals surface area contributed by atoms with E-state index in [1.807, 2.05) is 13.8 Å². The number of hydrogen-bond acceptors (Lipinski definition) is 2. The van der Waals surface area contributed by atoms with E-state index in [1.165, 1.54) is 12.8 Å². The highest BCUT2D eigenvalue weighted by atomic mass is 16.5. The number of aliphatic hydroxyl groups is 1. The average Bonchev–Trinajstić information content (AvgIpc) is 2.67. The van der Waals surface area contributed by atoms with Crippen molar-refractivity contribution in [2.24, 2.45) is 5.92 Å². The lowest BCUT2D eigenvalue weighted by Gasteiger charge is -2.25. The quantitative estimate of drug-likeness (QED) is 0.673. The number of hydrogen-bond donors (Lipinski definition) is 1. The standard InChI is InChI=1S/C9H18O2/c1-9(2,11-3)6-8(10)7-4-5-7/h7-8,10H,4-6H2,1-3H3. The zero-order valence-corrected chi connectivity index (χ0v) is 7.63. The Kier molecular flexibility index (Phi) is 2.55. The molecule has 1 atom stereocenters. The minimum atomic E-state index is -0.165. The Morgan fingerprint density at radius 2 is 2.09 bits per heavy atom. The summed E-state index contributed by atoms with van der Waals surface area (Å²) in [6.07, 6.45) is 3.00. The van der Waals surface area contributed by atoms with Gasteiger partial charge in [-0.05, 0) is 32.6 Å². The largest absolute Gasteiger partial charge is 0.393 e. The molecule has 1 N–H and O–H groups in total. The van der Waals surface area contributed by atoms with Crippen LogP contribution in [0, 0.1) is 5.92 Å². The van der Waals surface area contributed by atoms with Crippen LogP contribution in [-0.2, 0) is 4.74 Å². The zero-order chi connectivity index (χ0) is 8.48. The Morgan fingerprint density at radius 1 is 1.55 bits per heavy atom. The van der Waals surface area contributed by atoms with Crippen LogP contribution in [0.5, 0.6) is 0 Å². The smallest absolute Gasteiger partial charge is 0.0647 e. The summed E-state index contributed by atoms with van der Waals surface area (Å²) in [7, 11) is 1.69. The maximum Gasteiger partial charge on any atom is 0.0647 e. The first-order chi connectivity index (χ1) is 5.05. The van der Waals surface area contributed by atoms with Crippen molar-refractivity contribution in [2.75, 3.05) is 7.11 Å². The van der Waals surface area contributed by atoms with Gasteiger partial charge in [0, 0.05) is 13.5 Å². The minimum absolute atomic E-state index is 0.148. The van der Waals surface area contributed by atoms with E-state index in [2.05, 4.69) is 0 Å². The highest BCUT2D eigenvalue weighted by Crippen LogP contribution is 2.36. The molecule has 0 heterocycles. The van der Waals surface area contributed by atoms with Gasteiger partial charge in [-0.2, -0.15) is 0 Å². The van der Waals surface area contributed by atoms with Crippen LogP contribution < -0.4 is 0 Å². The van der Waals surface area contributed by atoms with Crippen LogP contribution in [0.2, 0.25) is 0 Å². The van der Waals surface area contributed by atoms with Crippen molar-refractivity contribution in [1.82, 2.24) is 0 Å². The summed E-state index contributed by atoms with van der Waals surface area (Å²) in [6.45, 7) is 4.03. The topological polar surface area (TPSA) is 29.5 Å². The van der Waals surface area contributed by atoms with E-state index < -0.39 is 0 Å². The van der Waals surface area contributed by atoms with Crippen molar-refractivity contribution in [3.63, 3.8) is 0 Å². The monoisotopic (exact) mass is 158 g/mol. The lowest BCUT2D eigenvalue weighted by molar-refractivity contribution is -0.0243. The first-order valence-corrected chi connectivity index (χ1v) is 4.28. The molecular weight excluding hydrogens is 140 g/mol. The van der Waals surface area contributed by atoms with Crippen LogP contribution in [-0.4, -0.2) is 23.9 Å². The van der Waals surface area contributed by atoms with Gasteiger partial charge in [0.1, 0.15) is 0 Å². The molecule has 66 valence electrons. The Morgan fingerprint density at radius 3 is 2.45 bits per heavy atom. The number of aliphatic hydroxyl groups excluding tert-OH is 1. The van der Waals surface area contributed by atoms with E-state index >= 15 is 0 Å². The maximum atomic E-state index is 9.58. The van der Waals surface area contributed by atoms with Gasteiger partial charge in [0.25, 0.3) is 0 Å². The van der Waals surface area contributed by atoms with E-state index in [0.29, 0.717) is 5.92 Å². The fourth-order valence-electron chi connectivity index (χ4n) is 1.23. The SMILES string of the molecule is COC(C)(C)CC(O)C1CC1. The van der Waals surface area contributed by atoms with E-state index in [0.717, 1.165) is 6.42 Å². The Labute approximate surface area is 68.6 Å². The van der Waals surface area contributed by atoms with Crippen molar-refractivity contribution in [1.29, 1.82) is 0 Å². The first-order valence-electron chi connectivity index (χ1n) is 4.28.